The average molecular weight is 217 g/mol. The lowest BCUT2D eigenvalue weighted by atomic mass is 10.2. The molecule has 0 heterocycles. The summed E-state index contributed by atoms with van der Waals surface area (Å²) < 4.78 is 0. The fraction of sp³-hybridized carbons (Fsp3) is 0.182. The van der Waals surface area contributed by atoms with Gasteiger partial charge in [-0.25, -0.2) is 0 Å². The van der Waals surface area contributed by atoms with Gasteiger partial charge in [0.25, 0.3) is 0 Å². The molecular formula is C11H11N3O2. The number of carbonyl (C=O) groups excluding carboxylic acids is 2. The second-order valence-electron chi connectivity index (χ2n) is 3.11. The highest BCUT2D eigenvalue weighted by Crippen LogP contribution is 2.12. The first-order valence-corrected chi connectivity index (χ1v) is 4.67. The summed E-state index contributed by atoms with van der Waals surface area (Å²) in [5.74, 6) is -1.59. The van der Waals surface area contributed by atoms with E-state index in [1.807, 2.05) is 19.1 Å². The number of rotatable bonds is 2. The molecule has 0 aliphatic rings. The van der Waals surface area contributed by atoms with Crippen molar-refractivity contribution in [1.82, 2.24) is 5.32 Å². The molecule has 0 atom stereocenters. The Kier molecular flexibility index (Phi) is 4.04. The molecule has 0 spiro atoms. The Hall–Kier alpha value is -2.35. The minimum Gasteiger partial charge on any atom is -0.335 e. The maximum Gasteiger partial charge on any atom is 0.313 e. The van der Waals surface area contributed by atoms with Gasteiger partial charge in [-0.1, -0.05) is 18.2 Å². The van der Waals surface area contributed by atoms with Crippen LogP contribution < -0.4 is 10.6 Å². The average Bonchev–Trinajstić information content (AvgIpc) is 2.28. The molecule has 5 nitrogen and oxygen atoms in total. The number of carbonyl (C=O) groups is 2. The van der Waals surface area contributed by atoms with Crippen LogP contribution in [0.2, 0.25) is 0 Å². The third-order valence-corrected chi connectivity index (χ3v) is 1.93. The van der Waals surface area contributed by atoms with Crippen LogP contribution in [-0.4, -0.2) is 18.4 Å². The van der Waals surface area contributed by atoms with E-state index in [0.29, 0.717) is 5.69 Å². The van der Waals surface area contributed by atoms with Crippen LogP contribution in [0, 0.1) is 18.3 Å². The molecule has 82 valence electrons. The largest absolute Gasteiger partial charge is 0.335 e. The number of hydrogen-bond donors (Lipinski definition) is 2. The molecule has 0 aliphatic carbocycles. The van der Waals surface area contributed by atoms with E-state index < -0.39 is 11.8 Å². The summed E-state index contributed by atoms with van der Waals surface area (Å²) in [4.78, 5) is 22.5. The lowest BCUT2D eigenvalue weighted by Crippen LogP contribution is -2.35. The monoisotopic (exact) mass is 217 g/mol. The highest BCUT2D eigenvalue weighted by atomic mass is 16.2. The second kappa shape index (κ2) is 5.51. The van der Waals surface area contributed by atoms with Gasteiger partial charge in [-0.3, -0.25) is 9.59 Å². The van der Waals surface area contributed by atoms with E-state index in [0.717, 1.165) is 5.56 Å². The standard InChI is InChI=1S/C11H11N3O2/c1-8-4-2-3-5-9(8)14-11(16)10(15)13-7-6-12/h2-5H,7H2,1H3,(H,13,15)(H,14,16). The molecule has 0 aliphatic heterocycles. The second-order valence-corrected chi connectivity index (χ2v) is 3.11. The zero-order valence-electron chi connectivity index (χ0n) is 8.78. The number of nitrogens with zero attached hydrogens (tertiary/aromatic N) is 1. The molecule has 1 aromatic carbocycles. The smallest absolute Gasteiger partial charge is 0.313 e. The summed E-state index contributed by atoms with van der Waals surface area (Å²) in [6.45, 7) is 1.64. The molecule has 2 N–H and O–H groups in total. The minimum absolute atomic E-state index is 0.181. The third kappa shape index (κ3) is 3.10. The summed E-state index contributed by atoms with van der Waals surface area (Å²) in [5.41, 5.74) is 1.45. The van der Waals surface area contributed by atoms with Gasteiger partial charge in [0.05, 0.1) is 6.07 Å². The van der Waals surface area contributed by atoms with Crippen LogP contribution in [-0.2, 0) is 9.59 Å². The number of anilines is 1. The highest BCUT2D eigenvalue weighted by molar-refractivity contribution is 6.39. The molecule has 1 rings (SSSR count). The van der Waals surface area contributed by atoms with Crippen molar-refractivity contribution in [3.63, 3.8) is 0 Å². The predicted octanol–water partition coefficient (Wildman–Crippen LogP) is 0.573. The maximum absolute atomic E-state index is 11.3. The van der Waals surface area contributed by atoms with Gasteiger partial charge in [-0.05, 0) is 18.6 Å². The normalized spacial score (nSPS) is 9.00. The molecule has 16 heavy (non-hydrogen) atoms. The van der Waals surface area contributed by atoms with Crippen LogP contribution in [0.5, 0.6) is 0 Å². The van der Waals surface area contributed by atoms with Crippen molar-refractivity contribution >= 4 is 17.5 Å². The van der Waals surface area contributed by atoms with Crippen molar-refractivity contribution in [3.05, 3.63) is 29.8 Å². The van der Waals surface area contributed by atoms with Crippen molar-refractivity contribution in [3.8, 4) is 6.07 Å². The van der Waals surface area contributed by atoms with Gasteiger partial charge in [-0.2, -0.15) is 5.26 Å². The van der Waals surface area contributed by atoms with Gasteiger partial charge in [-0.15, -0.1) is 0 Å². The van der Waals surface area contributed by atoms with E-state index in [1.54, 1.807) is 18.2 Å². The molecule has 1 aromatic rings. The first-order chi connectivity index (χ1) is 7.65. The fourth-order valence-corrected chi connectivity index (χ4v) is 1.09. The number of nitriles is 1. The topological polar surface area (TPSA) is 82.0 Å². The Morgan fingerprint density at radius 2 is 2.00 bits per heavy atom. The first kappa shape index (κ1) is 11.7. The maximum atomic E-state index is 11.3. The van der Waals surface area contributed by atoms with Gasteiger partial charge >= 0.3 is 11.8 Å². The summed E-state index contributed by atoms with van der Waals surface area (Å²) in [5, 5.41) is 12.9. The highest BCUT2D eigenvalue weighted by Gasteiger charge is 2.13. The lowest BCUT2D eigenvalue weighted by molar-refractivity contribution is -0.136. The van der Waals surface area contributed by atoms with E-state index in [-0.39, 0.29) is 6.54 Å². The van der Waals surface area contributed by atoms with Crippen molar-refractivity contribution < 1.29 is 9.59 Å². The summed E-state index contributed by atoms with van der Waals surface area (Å²) in [6.07, 6.45) is 0. The number of nitrogens with one attached hydrogen (secondary N) is 2. The number of aryl methyl sites for hydroxylation is 1. The molecule has 0 saturated carbocycles. The van der Waals surface area contributed by atoms with Gasteiger partial charge in [0.15, 0.2) is 0 Å². The van der Waals surface area contributed by atoms with E-state index in [1.165, 1.54) is 0 Å². The van der Waals surface area contributed by atoms with Gasteiger partial charge < -0.3 is 10.6 Å². The molecule has 0 unspecified atom stereocenters. The lowest BCUT2D eigenvalue weighted by Gasteiger charge is -2.06. The van der Waals surface area contributed by atoms with Crippen molar-refractivity contribution in [2.24, 2.45) is 0 Å². The summed E-state index contributed by atoms with van der Waals surface area (Å²) >= 11 is 0. The SMILES string of the molecule is Cc1ccccc1NC(=O)C(=O)NCC#N. The van der Waals surface area contributed by atoms with Crippen LogP contribution in [0.25, 0.3) is 0 Å². The van der Waals surface area contributed by atoms with Crippen LogP contribution in [0.4, 0.5) is 5.69 Å². The van der Waals surface area contributed by atoms with Crippen molar-refractivity contribution in [2.45, 2.75) is 6.92 Å². The number of benzene rings is 1. The number of para-hydroxylation sites is 1. The molecule has 0 bridgehead atoms. The van der Waals surface area contributed by atoms with E-state index in [4.69, 9.17) is 5.26 Å². The zero-order valence-corrected chi connectivity index (χ0v) is 8.78. The van der Waals surface area contributed by atoms with Crippen LogP contribution in [0.3, 0.4) is 0 Å². The Bertz CT molecular complexity index is 449. The molecular weight excluding hydrogens is 206 g/mol. The van der Waals surface area contributed by atoms with E-state index in [9.17, 15) is 9.59 Å². The molecule has 0 aromatic heterocycles. The summed E-state index contributed by atoms with van der Waals surface area (Å²) in [7, 11) is 0. The Morgan fingerprint density at radius 3 is 2.62 bits per heavy atom. The summed E-state index contributed by atoms with van der Waals surface area (Å²) in [6, 6.07) is 8.83. The van der Waals surface area contributed by atoms with E-state index in [2.05, 4.69) is 10.6 Å². The van der Waals surface area contributed by atoms with Crippen LogP contribution in [0.15, 0.2) is 24.3 Å². The molecule has 0 saturated heterocycles. The van der Waals surface area contributed by atoms with Crippen LogP contribution in [0.1, 0.15) is 5.56 Å². The molecule has 0 radical (unpaired) electrons. The van der Waals surface area contributed by atoms with Crippen LogP contribution >= 0.6 is 0 Å². The molecule has 5 heteroatoms. The number of amides is 2. The minimum atomic E-state index is -0.815. The molecule has 2 amide bonds. The Labute approximate surface area is 93.1 Å². The van der Waals surface area contributed by atoms with Gasteiger partial charge in [0.2, 0.25) is 0 Å². The van der Waals surface area contributed by atoms with Crippen molar-refractivity contribution in [1.29, 1.82) is 5.26 Å². The first-order valence-electron chi connectivity index (χ1n) is 4.67. The van der Waals surface area contributed by atoms with Crippen molar-refractivity contribution in [2.75, 3.05) is 11.9 Å². The zero-order chi connectivity index (χ0) is 12.0. The number of hydrogen-bond acceptors (Lipinski definition) is 3. The quantitative estimate of drug-likeness (QED) is 0.561. The van der Waals surface area contributed by atoms with Gasteiger partial charge in [0.1, 0.15) is 6.54 Å². The molecule has 0 fully saturated rings. The predicted molar refractivity (Wildman–Crippen MR) is 58.4 cm³/mol. The third-order valence-electron chi connectivity index (χ3n) is 1.93. The Morgan fingerprint density at radius 1 is 1.31 bits per heavy atom. The fourth-order valence-electron chi connectivity index (χ4n) is 1.09. The van der Waals surface area contributed by atoms with Gasteiger partial charge in [0, 0.05) is 5.69 Å². The van der Waals surface area contributed by atoms with E-state index >= 15 is 0 Å². The Balaban J connectivity index is 2.62.